The summed E-state index contributed by atoms with van der Waals surface area (Å²) in [5, 5.41) is 2.45. The molecule has 0 saturated carbocycles. The summed E-state index contributed by atoms with van der Waals surface area (Å²) in [6, 6.07) is 0. The Morgan fingerprint density at radius 2 is 2.17 bits per heavy atom. The minimum atomic E-state index is -0.559. The van der Waals surface area contributed by atoms with Crippen molar-refractivity contribution >= 4 is 23.5 Å². The molecule has 0 aromatic rings. The molecule has 0 aliphatic heterocycles. The molecule has 0 radical (unpaired) electrons. The minimum Gasteiger partial charge on any atom is -0.466 e. The number of amides is 1. The van der Waals surface area contributed by atoms with Crippen molar-refractivity contribution in [2.45, 2.75) is 0 Å². The zero-order valence-corrected chi connectivity index (χ0v) is 7.43. The maximum absolute atomic E-state index is 10.8. The Labute approximate surface area is 75.5 Å². The number of alkyl halides is 1. The van der Waals surface area contributed by atoms with Crippen LogP contribution in [0.5, 0.6) is 0 Å². The van der Waals surface area contributed by atoms with Gasteiger partial charge in [0, 0.05) is 24.6 Å². The molecule has 1 amide bonds. The van der Waals surface area contributed by atoms with E-state index in [2.05, 4.69) is 10.1 Å². The van der Waals surface area contributed by atoms with Crippen LogP contribution < -0.4 is 5.32 Å². The smallest absolute Gasteiger partial charge is 0.330 e. The lowest BCUT2D eigenvalue weighted by molar-refractivity contribution is -0.135. The van der Waals surface area contributed by atoms with E-state index in [1.54, 1.807) is 0 Å². The van der Waals surface area contributed by atoms with Gasteiger partial charge < -0.3 is 10.1 Å². The Kier molecular flexibility index (Phi) is 6.09. The molecule has 5 heteroatoms. The molecule has 0 fully saturated rings. The van der Waals surface area contributed by atoms with Crippen molar-refractivity contribution in [1.29, 1.82) is 0 Å². The third-order valence-electron chi connectivity index (χ3n) is 0.966. The predicted molar refractivity (Wildman–Crippen MR) is 44.9 cm³/mol. The molecule has 0 rings (SSSR count). The molecule has 68 valence electrons. The lowest BCUT2D eigenvalue weighted by Gasteiger charge is -1.95. The SMILES string of the molecule is COC(=O)/C=C/C(=O)NCCCl. The average molecular weight is 192 g/mol. The van der Waals surface area contributed by atoms with Gasteiger partial charge in [0.25, 0.3) is 0 Å². The van der Waals surface area contributed by atoms with E-state index in [1.807, 2.05) is 0 Å². The van der Waals surface area contributed by atoms with E-state index in [1.165, 1.54) is 7.11 Å². The van der Waals surface area contributed by atoms with Gasteiger partial charge in [-0.3, -0.25) is 4.79 Å². The Morgan fingerprint density at radius 1 is 1.50 bits per heavy atom. The van der Waals surface area contributed by atoms with Gasteiger partial charge >= 0.3 is 5.97 Å². The topological polar surface area (TPSA) is 55.4 Å². The van der Waals surface area contributed by atoms with Crippen molar-refractivity contribution in [3.05, 3.63) is 12.2 Å². The third kappa shape index (κ3) is 5.73. The summed E-state index contributed by atoms with van der Waals surface area (Å²) in [5.41, 5.74) is 0. The van der Waals surface area contributed by atoms with Crippen LogP contribution in [0.4, 0.5) is 0 Å². The fourth-order valence-electron chi connectivity index (χ4n) is 0.441. The molecule has 0 aliphatic carbocycles. The van der Waals surface area contributed by atoms with Crippen molar-refractivity contribution in [2.24, 2.45) is 0 Å². The Morgan fingerprint density at radius 3 is 2.67 bits per heavy atom. The second kappa shape index (κ2) is 6.67. The number of halogens is 1. The van der Waals surface area contributed by atoms with Crippen LogP contribution in [0.2, 0.25) is 0 Å². The maximum Gasteiger partial charge on any atom is 0.330 e. The molecule has 0 atom stereocenters. The normalized spacial score (nSPS) is 9.83. The zero-order valence-electron chi connectivity index (χ0n) is 6.67. The molecule has 0 saturated heterocycles. The van der Waals surface area contributed by atoms with Crippen LogP contribution in [-0.4, -0.2) is 31.4 Å². The van der Waals surface area contributed by atoms with Gasteiger partial charge in [0.2, 0.25) is 5.91 Å². The molecule has 0 heterocycles. The highest BCUT2D eigenvalue weighted by Crippen LogP contribution is 1.78. The van der Waals surface area contributed by atoms with Crippen molar-refractivity contribution < 1.29 is 14.3 Å². The van der Waals surface area contributed by atoms with Crippen LogP contribution in [0, 0.1) is 0 Å². The first-order valence-corrected chi connectivity index (χ1v) is 3.84. The number of esters is 1. The Hall–Kier alpha value is -1.03. The van der Waals surface area contributed by atoms with Gasteiger partial charge in [-0.05, 0) is 0 Å². The first-order valence-electron chi connectivity index (χ1n) is 3.30. The maximum atomic E-state index is 10.8. The number of carbonyl (C=O) groups is 2. The van der Waals surface area contributed by atoms with Crippen LogP contribution in [-0.2, 0) is 14.3 Å². The largest absolute Gasteiger partial charge is 0.466 e. The molecule has 0 bridgehead atoms. The van der Waals surface area contributed by atoms with E-state index < -0.39 is 5.97 Å². The third-order valence-corrected chi connectivity index (χ3v) is 1.15. The number of methoxy groups -OCH3 is 1. The van der Waals surface area contributed by atoms with Gasteiger partial charge in [-0.2, -0.15) is 0 Å². The van der Waals surface area contributed by atoms with Gasteiger partial charge in [-0.1, -0.05) is 0 Å². The van der Waals surface area contributed by atoms with Crippen LogP contribution in [0.25, 0.3) is 0 Å². The van der Waals surface area contributed by atoms with E-state index in [0.717, 1.165) is 12.2 Å². The van der Waals surface area contributed by atoms with Crippen LogP contribution in [0.15, 0.2) is 12.2 Å². The number of rotatable bonds is 4. The highest BCUT2D eigenvalue weighted by atomic mass is 35.5. The number of nitrogens with one attached hydrogen (secondary N) is 1. The number of hydrogen-bond donors (Lipinski definition) is 1. The summed E-state index contributed by atoms with van der Waals surface area (Å²) >= 11 is 5.31. The summed E-state index contributed by atoms with van der Waals surface area (Å²) in [4.78, 5) is 21.2. The van der Waals surface area contributed by atoms with Gasteiger partial charge in [0.05, 0.1) is 7.11 Å². The van der Waals surface area contributed by atoms with Crippen LogP contribution in [0.3, 0.4) is 0 Å². The summed E-state index contributed by atoms with van der Waals surface area (Å²) in [5.74, 6) is -0.574. The molecular weight excluding hydrogens is 182 g/mol. The highest BCUT2D eigenvalue weighted by molar-refractivity contribution is 6.18. The Balaban J connectivity index is 3.67. The minimum absolute atomic E-state index is 0.345. The van der Waals surface area contributed by atoms with E-state index >= 15 is 0 Å². The first kappa shape index (κ1) is 11.0. The number of ether oxygens (including phenoxy) is 1. The molecule has 0 spiro atoms. The van der Waals surface area contributed by atoms with Crippen LogP contribution in [0.1, 0.15) is 0 Å². The summed E-state index contributed by atoms with van der Waals surface area (Å²) in [6.07, 6.45) is 2.14. The van der Waals surface area contributed by atoms with Crippen molar-refractivity contribution in [1.82, 2.24) is 5.32 Å². The quantitative estimate of drug-likeness (QED) is 0.389. The van der Waals surface area contributed by atoms with Crippen molar-refractivity contribution in [3.8, 4) is 0 Å². The van der Waals surface area contributed by atoms with E-state index in [0.29, 0.717) is 12.4 Å². The molecule has 0 aromatic carbocycles. The predicted octanol–water partition coefficient (Wildman–Crippen LogP) is 0.0706. The van der Waals surface area contributed by atoms with Crippen LogP contribution >= 0.6 is 11.6 Å². The monoisotopic (exact) mass is 191 g/mol. The number of carbonyl (C=O) groups excluding carboxylic acids is 2. The van der Waals surface area contributed by atoms with Crippen molar-refractivity contribution in [3.63, 3.8) is 0 Å². The van der Waals surface area contributed by atoms with Gasteiger partial charge in [-0.25, -0.2) is 4.79 Å². The molecule has 12 heavy (non-hydrogen) atoms. The lowest BCUT2D eigenvalue weighted by Crippen LogP contribution is -2.23. The average Bonchev–Trinajstić information content (AvgIpc) is 2.10. The standard InChI is InChI=1S/C7H10ClNO3/c1-12-7(11)3-2-6(10)9-5-4-8/h2-3H,4-5H2,1H3,(H,9,10)/b3-2+. The molecule has 0 aliphatic rings. The molecule has 0 aromatic heterocycles. The van der Waals surface area contributed by atoms with E-state index in [4.69, 9.17) is 11.6 Å². The van der Waals surface area contributed by atoms with E-state index in [-0.39, 0.29) is 5.91 Å². The number of hydrogen-bond acceptors (Lipinski definition) is 3. The molecular formula is C7H10ClNO3. The first-order chi connectivity index (χ1) is 5.70. The molecule has 0 unspecified atom stereocenters. The highest BCUT2D eigenvalue weighted by Gasteiger charge is 1.95. The second-order valence-corrected chi connectivity index (χ2v) is 2.21. The van der Waals surface area contributed by atoms with Crippen molar-refractivity contribution in [2.75, 3.05) is 19.5 Å². The van der Waals surface area contributed by atoms with Gasteiger partial charge in [0.15, 0.2) is 0 Å². The summed E-state index contributed by atoms with van der Waals surface area (Å²) < 4.78 is 4.27. The summed E-state index contributed by atoms with van der Waals surface area (Å²) in [7, 11) is 1.24. The fourth-order valence-corrected chi connectivity index (χ4v) is 0.536. The fraction of sp³-hybridized carbons (Fsp3) is 0.429. The Bertz CT molecular complexity index is 191. The summed E-state index contributed by atoms with van der Waals surface area (Å²) in [6.45, 7) is 0.381. The lowest BCUT2D eigenvalue weighted by atomic mass is 10.4. The molecule has 1 N–H and O–H groups in total. The van der Waals surface area contributed by atoms with Gasteiger partial charge in [-0.15, -0.1) is 11.6 Å². The molecule has 4 nitrogen and oxygen atoms in total. The second-order valence-electron chi connectivity index (χ2n) is 1.84. The van der Waals surface area contributed by atoms with Gasteiger partial charge in [0.1, 0.15) is 0 Å². The van der Waals surface area contributed by atoms with E-state index in [9.17, 15) is 9.59 Å². The zero-order chi connectivity index (χ0) is 9.40.